The highest BCUT2D eigenvalue weighted by atomic mass is 16.5. The average Bonchev–Trinajstić information content (AvgIpc) is 3.47. The molecule has 1 amide bonds. The molecule has 28 heavy (non-hydrogen) atoms. The van der Waals surface area contributed by atoms with E-state index in [1.54, 1.807) is 0 Å². The van der Waals surface area contributed by atoms with E-state index in [0.29, 0.717) is 19.0 Å². The van der Waals surface area contributed by atoms with Crippen LogP contribution in [0.1, 0.15) is 25.3 Å². The van der Waals surface area contributed by atoms with Gasteiger partial charge in [0.1, 0.15) is 24.4 Å². The molecule has 1 aromatic rings. The molecule has 1 saturated heterocycles. The van der Waals surface area contributed by atoms with Crippen molar-refractivity contribution in [2.75, 3.05) is 25.0 Å². The zero-order chi connectivity index (χ0) is 20.3. The van der Waals surface area contributed by atoms with Crippen LogP contribution in [0.25, 0.3) is 0 Å². The number of aliphatic hydroxyl groups is 4. The summed E-state index contributed by atoms with van der Waals surface area (Å²) in [5, 5.41) is 42.4. The summed E-state index contributed by atoms with van der Waals surface area (Å²) in [5.74, 6) is 0.495. The second-order valence-corrected chi connectivity index (χ2v) is 7.88. The van der Waals surface area contributed by atoms with Gasteiger partial charge in [-0.15, -0.1) is 0 Å². The normalized spacial score (nSPS) is 30.4. The molecule has 0 spiro atoms. The van der Waals surface area contributed by atoms with Gasteiger partial charge in [-0.25, -0.2) is 0 Å². The molecule has 0 radical (unpaired) electrons. The Kier molecular flexibility index (Phi) is 7.03. The van der Waals surface area contributed by atoms with Gasteiger partial charge in [-0.3, -0.25) is 9.69 Å². The van der Waals surface area contributed by atoms with E-state index in [4.69, 9.17) is 4.74 Å². The summed E-state index contributed by atoms with van der Waals surface area (Å²) >= 11 is 0. The predicted octanol–water partition coefficient (Wildman–Crippen LogP) is -0.301. The second-order valence-electron chi connectivity index (χ2n) is 7.88. The summed E-state index contributed by atoms with van der Waals surface area (Å²) in [6.07, 6.45) is -3.15. The first kappa shape index (κ1) is 21.2. The highest BCUT2D eigenvalue weighted by molar-refractivity contribution is 5.88. The van der Waals surface area contributed by atoms with E-state index >= 15 is 0 Å². The van der Waals surface area contributed by atoms with Crippen LogP contribution in [0.5, 0.6) is 0 Å². The van der Waals surface area contributed by atoms with Crippen molar-refractivity contribution >= 4 is 11.6 Å². The Morgan fingerprint density at radius 3 is 2.29 bits per heavy atom. The number of amides is 1. The van der Waals surface area contributed by atoms with E-state index in [2.05, 4.69) is 10.2 Å². The summed E-state index contributed by atoms with van der Waals surface area (Å²) in [6.45, 7) is 2.90. The number of anilines is 1. The van der Waals surface area contributed by atoms with Gasteiger partial charge in [0.15, 0.2) is 0 Å². The summed E-state index contributed by atoms with van der Waals surface area (Å²) in [5.41, 5.74) is 1.79. The molecule has 8 nitrogen and oxygen atoms in total. The van der Waals surface area contributed by atoms with Gasteiger partial charge in [-0.05, 0) is 36.5 Å². The van der Waals surface area contributed by atoms with Crippen LogP contribution in [0.3, 0.4) is 0 Å². The third kappa shape index (κ3) is 5.50. The molecule has 5 atom stereocenters. The number of nitrogens with one attached hydrogen (secondary N) is 1. The lowest BCUT2D eigenvalue weighted by Gasteiger charge is -2.41. The molecule has 2 fully saturated rings. The van der Waals surface area contributed by atoms with Gasteiger partial charge in [0.2, 0.25) is 5.91 Å². The fraction of sp³-hybridized carbons (Fsp3) is 0.650. The Bertz CT molecular complexity index is 649. The van der Waals surface area contributed by atoms with Crippen molar-refractivity contribution in [3.8, 4) is 0 Å². The Hall–Kier alpha value is -1.55. The van der Waals surface area contributed by atoms with Crippen LogP contribution >= 0.6 is 0 Å². The third-order valence-electron chi connectivity index (χ3n) is 5.32. The Morgan fingerprint density at radius 1 is 1.07 bits per heavy atom. The number of carbonyl (C=O) groups excluding carboxylic acids is 1. The first-order valence-electron chi connectivity index (χ1n) is 9.76. The lowest BCUT2D eigenvalue weighted by atomic mass is 9.94. The van der Waals surface area contributed by atoms with Crippen LogP contribution in [0.2, 0.25) is 0 Å². The third-order valence-corrected chi connectivity index (χ3v) is 5.32. The zero-order valence-electron chi connectivity index (χ0n) is 16.1. The smallest absolute Gasteiger partial charge is 0.221 e. The van der Waals surface area contributed by atoms with Crippen molar-refractivity contribution in [3.63, 3.8) is 0 Å². The molecule has 1 aliphatic carbocycles. The lowest BCUT2D eigenvalue weighted by molar-refractivity contribution is -0.232. The van der Waals surface area contributed by atoms with Crippen LogP contribution < -0.4 is 5.32 Å². The number of benzene rings is 1. The number of aliphatic hydroxyl groups excluding tert-OH is 4. The minimum absolute atomic E-state index is 0.120. The van der Waals surface area contributed by atoms with Crippen molar-refractivity contribution in [1.29, 1.82) is 0 Å². The molecule has 1 saturated carbocycles. The maximum atomic E-state index is 11.1. The molecule has 156 valence electrons. The van der Waals surface area contributed by atoms with Crippen LogP contribution in [-0.4, -0.2) is 81.4 Å². The molecule has 1 aromatic carbocycles. The van der Waals surface area contributed by atoms with Crippen LogP contribution in [-0.2, 0) is 16.1 Å². The number of hydrogen-bond acceptors (Lipinski definition) is 7. The van der Waals surface area contributed by atoms with Crippen molar-refractivity contribution in [1.82, 2.24) is 4.90 Å². The van der Waals surface area contributed by atoms with E-state index in [0.717, 1.165) is 17.8 Å². The molecule has 5 N–H and O–H groups in total. The van der Waals surface area contributed by atoms with Gasteiger partial charge in [0, 0.05) is 32.2 Å². The molecule has 8 heteroatoms. The maximum Gasteiger partial charge on any atom is 0.221 e. The van der Waals surface area contributed by atoms with E-state index in [1.165, 1.54) is 19.8 Å². The first-order valence-corrected chi connectivity index (χ1v) is 9.76. The quantitative estimate of drug-likeness (QED) is 0.410. The average molecular weight is 394 g/mol. The van der Waals surface area contributed by atoms with Crippen molar-refractivity contribution in [2.45, 2.75) is 56.8 Å². The fourth-order valence-electron chi connectivity index (χ4n) is 3.61. The Morgan fingerprint density at radius 2 is 1.71 bits per heavy atom. The van der Waals surface area contributed by atoms with E-state index < -0.39 is 37.1 Å². The van der Waals surface area contributed by atoms with Crippen LogP contribution in [0, 0.1) is 5.92 Å². The van der Waals surface area contributed by atoms with E-state index in [1.807, 2.05) is 24.3 Å². The zero-order valence-corrected chi connectivity index (χ0v) is 16.1. The standard InChI is InChI=1S/C20H30N2O6/c1-12(24)21-15-6-4-14(5-7-15)9-22(8-13-2-3-13)10-16-18(25)20(27)19(26)17(11-23)28-16/h4-7,13,16-20,23,25-27H,2-3,8-11H2,1H3,(H,21,24)/t16-,17+,18+,19+,20+/m0/s1. The molecule has 1 heterocycles. The molecule has 3 rings (SSSR count). The van der Waals surface area contributed by atoms with Crippen LogP contribution in [0.15, 0.2) is 24.3 Å². The van der Waals surface area contributed by atoms with Gasteiger partial charge in [0.05, 0.1) is 12.7 Å². The highest BCUT2D eigenvalue weighted by Crippen LogP contribution is 2.31. The van der Waals surface area contributed by atoms with Gasteiger partial charge in [-0.2, -0.15) is 0 Å². The van der Waals surface area contributed by atoms with Crippen LogP contribution in [0.4, 0.5) is 5.69 Å². The molecule has 0 bridgehead atoms. The minimum atomic E-state index is -1.35. The number of nitrogens with zero attached hydrogens (tertiary/aromatic N) is 1. The Labute approximate surface area is 164 Å². The minimum Gasteiger partial charge on any atom is -0.394 e. The number of hydrogen-bond donors (Lipinski definition) is 5. The summed E-state index contributed by atoms with van der Waals surface area (Å²) in [4.78, 5) is 13.3. The Balaban J connectivity index is 1.65. The summed E-state index contributed by atoms with van der Waals surface area (Å²) in [7, 11) is 0. The number of ether oxygens (including phenoxy) is 1. The van der Waals surface area contributed by atoms with Crippen molar-refractivity contribution in [3.05, 3.63) is 29.8 Å². The monoisotopic (exact) mass is 394 g/mol. The van der Waals surface area contributed by atoms with E-state index in [-0.39, 0.29) is 5.91 Å². The topological polar surface area (TPSA) is 122 Å². The number of carbonyl (C=O) groups is 1. The van der Waals surface area contributed by atoms with Gasteiger partial charge in [0.25, 0.3) is 0 Å². The molecular formula is C20H30N2O6. The highest BCUT2D eigenvalue weighted by Gasteiger charge is 2.44. The van der Waals surface area contributed by atoms with Crippen molar-refractivity contribution in [2.24, 2.45) is 5.92 Å². The van der Waals surface area contributed by atoms with Gasteiger partial charge in [-0.1, -0.05) is 12.1 Å². The van der Waals surface area contributed by atoms with Crippen molar-refractivity contribution < 1.29 is 30.0 Å². The van der Waals surface area contributed by atoms with Gasteiger partial charge >= 0.3 is 0 Å². The number of rotatable bonds is 8. The molecule has 2 aliphatic rings. The summed E-state index contributed by atoms with van der Waals surface area (Å²) < 4.78 is 5.66. The molecule has 0 aromatic heterocycles. The maximum absolute atomic E-state index is 11.1. The lowest BCUT2D eigenvalue weighted by Crippen LogP contribution is -2.60. The molecule has 1 aliphatic heterocycles. The van der Waals surface area contributed by atoms with Gasteiger partial charge < -0.3 is 30.5 Å². The predicted molar refractivity (Wildman–Crippen MR) is 103 cm³/mol. The first-order chi connectivity index (χ1) is 13.4. The summed E-state index contributed by atoms with van der Waals surface area (Å²) in [6, 6.07) is 7.58. The molecular weight excluding hydrogens is 364 g/mol. The second kappa shape index (κ2) is 9.30. The SMILES string of the molecule is CC(=O)Nc1ccc(CN(CC2CC2)C[C@@H]2O[C@H](CO)[C@@H](O)[C@H](O)[C@@H]2O)cc1. The molecule has 0 unspecified atom stereocenters. The largest absolute Gasteiger partial charge is 0.394 e. The fourth-order valence-corrected chi connectivity index (χ4v) is 3.61. The van der Waals surface area contributed by atoms with E-state index in [9.17, 15) is 25.2 Å².